The zero-order chi connectivity index (χ0) is 17.3. The minimum Gasteiger partial charge on any atom is -0.486 e. The van der Waals surface area contributed by atoms with Crippen LogP contribution in [-0.2, 0) is 18.8 Å². The molecule has 0 atom stereocenters. The van der Waals surface area contributed by atoms with Gasteiger partial charge in [-0.05, 0) is 45.3 Å². The lowest BCUT2D eigenvalue weighted by Gasteiger charge is -2.32. The topological polar surface area (TPSA) is 66.3 Å². The molecule has 1 aliphatic rings. The highest BCUT2D eigenvalue weighted by Gasteiger charge is 2.51. The molecule has 1 heterocycles. The highest BCUT2D eigenvalue weighted by Crippen LogP contribution is 2.36. The molecule has 7 heteroatoms. The highest BCUT2D eigenvalue weighted by atomic mass is 16.7. The Morgan fingerprint density at radius 3 is 2.30 bits per heavy atom. The average Bonchev–Trinajstić information content (AvgIpc) is 2.72. The molecule has 0 aromatic heterocycles. The zero-order valence-corrected chi connectivity index (χ0v) is 14.4. The summed E-state index contributed by atoms with van der Waals surface area (Å²) < 4.78 is 21.6. The first-order valence-corrected chi connectivity index (χ1v) is 7.35. The zero-order valence-electron chi connectivity index (χ0n) is 14.4. The predicted molar refractivity (Wildman–Crippen MR) is 88.7 cm³/mol. The first-order valence-electron chi connectivity index (χ1n) is 7.35. The van der Waals surface area contributed by atoms with Gasteiger partial charge in [-0.3, -0.25) is 0 Å². The number of benzene rings is 1. The molecule has 2 rings (SSSR count). The molecule has 0 unspecified atom stereocenters. The molecule has 0 amide bonds. The quantitative estimate of drug-likeness (QED) is 0.368. The van der Waals surface area contributed by atoms with E-state index in [2.05, 4.69) is 4.99 Å². The molecule has 0 aliphatic carbocycles. The number of carbonyl (C=O) groups excluding carboxylic acids is 1. The fourth-order valence-corrected chi connectivity index (χ4v) is 2.17. The van der Waals surface area contributed by atoms with E-state index >= 15 is 0 Å². The average molecular weight is 319 g/mol. The minimum absolute atomic E-state index is 0.327. The van der Waals surface area contributed by atoms with Gasteiger partial charge < -0.3 is 18.8 Å². The van der Waals surface area contributed by atoms with E-state index in [1.54, 1.807) is 12.1 Å². The van der Waals surface area contributed by atoms with Crippen LogP contribution in [0.1, 0.15) is 38.1 Å². The Labute approximate surface area is 136 Å². The molecular formula is C16H22BNO5. The summed E-state index contributed by atoms with van der Waals surface area (Å²) in [5.74, 6) is -0.480. The molecular weight excluding hydrogens is 297 g/mol. The fraction of sp³-hybridized carbons (Fsp3) is 0.500. The molecule has 23 heavy (non-hydrogen) atoms. The maximum Gasteiger partial charge on any atom is 0.494 e. The van der Waals surface area contributed by atoms with Crippen molar-refractivity contribution >= 4 is 30.6 Å². The molecule has 0 radical (unpaired) electrons. The Balaban J connectivity index is 2.38. The Morgan fingerprint density at radius 2 is 1.78 bits per heavy atom. The number of ether oxygens (including phenoxy) is 2. The van der Waals surface area contributed by atoms with Gasteiger partial charge in [-0.2, -0.15) is 0 Å². The Kier molecular flexibility index (Phi) is 4.82. The van der Waals surface area contributed by atoms with Crippen LogP contribution in [0.4, 0.5) is 5.69 Å². The van der Waals surface area contributed by atoms with E-state index in [1.165, 1.54) is 20.6 Å². The van der Waals surface area contributed by atoms with Crippen LogP contribution < -0.4 is 5.46 Å². The van der Waals surface area contributed by atoms with Gasteiger partial charge in [0.1, 0.15) is 0 Å². The summed E-state index contributed by atoms with van der Waals surface area (Å²) in [6.45, 7) is 7.91. The second-order valence-corrected chi connectivity index (χ2v) is 6.33. The summed E-state index contributed by atoms with van der Waals surface area (Å²) in [5.41, 5.74) is 0.624. The second kappa shape index (κ2) is 6.33. The second-order valence-electron chi connectivity index (χ2n) is 6.33. The van der Waals surface area contributed by atoms with Gasteiger partial charge in [-0.25, -0.2) is 9.79 Å². The number of aliphatic imine (C=N–C) groups is 1. The molecule has 1 fully saturated rings. The van der Waals surface area contributed by atoms with E-state index in [4.69, 9.17) is 18.8 Å². The van der Waals surface area contributed by atoms with Gasteiger partial charge in [0.2, 0.25) is 0 Å². The van der Waals surface area contributed by atoms with E-state index in [9.17, 15) is 4.79 Å². The van der Waals surface area contributed by atoms with Gasteiger partial charge >= 0.3 is 13.1 Å². The normalized spacial score (nSPS) is 19.1. The first kappa shape index (κ1) is 17.5. The maximum atomic E-state index is 12.0. The monoisotopic (exact) mass is 319 g/mol. The van der Waals surface area contributed by atoms with Crippen LogP contribution in [0.15, 0.2) is 23.2 Å². The molecule has 1 aromatic rings. The maximum absolute atomic E-state index is 12.0. The van der Waals surface area contributed by atoms with Crippen LogP contribution in [0.2, 0.25) is 0 Å². The summed E-state index contributed by atoms with van der Waals surface area (Å²) in [7, 11) is 2.26. The Morgan fingerprint density at radius 1 is 1.17 bits per heavy atom. The van der Waals surface area contributed by atoms with Crippen molar-refractivity contribution in [2.75, 3.05) is 14.2 Å². The van der Waals surface area contributed by atoms with Crippen LogP contribution in [-0.4, -0.2) is 44.9 Å². The van der Waals surface area contributed by atoms with Gasteiger partial charge in [0.25, 0.3) is 0 Å². The van der Waals surface area contributed by atoms with Crippen LogP contribution in [0.25, 0.3) is 0 Å². The molecule has 124 valence electrons. The smallest absolute Gasteiger partial charge is 0.486 e. The van der Waals surface area contributed by atoms with Crippen molar-refractivity contribution < 1.29 is 23.6 Å². The lowest BCUT2D eigenvalue weighted by molar-refractivity contribution is 0.00578. The molecule has 1 aromatic carbocycles. The van der Waals surface area contributed by atoms with Gasteiger partial charge in [-0.15, -0.1) is 0 Å². The molecule has 6 nitrogen and oxygen atoms in total. The van der Waals surface area contributed by atoms with E-state index in [-0.39, 0.29) is 0 Å². The third kappa shape index (κ3) is 3.40. The van der Waals surface area contributed by atoms with Gasteiger partial charge in [-0.1, -0.05) is 6.07 Å². The molecule has 0 bridgehead atoms. The molecule has 1 aliphatic heterocycles. The number of esters is 1. The number of carbonyl (C=O) groups is 1. The first-order chi connectivity index (χ1) is 10.7. The van der Waals surface area contributed by atoms with E-state index in [1.807, 2.05) is 33.8 Å². The number of hydrogen-bond donors (Lipinski definition) is 0. The molecule has 0 N–H and O–H groups in total. The van der Waals surface area contributed by atoms with E-state index in [0.717, 1.165) is 5.46 Å². The van der Waals surface area contributed by atoms with Crippen LogP contribution >= 0.6 is 0 Å². The van der Waals surface area contributed by atoms with Crippen molar-refractivity contribution in [1.82, 2.24) is 0 Å². The standard InChI is InChI=1S/C16H22BNO5/c1-15(2)16(3,4)23-17(22-15)11-7-8-13(18-10-20-5)12(9-11)14(19)21-6/h7-10H,1-6H3. The summed E-state index contributed by atoms with van der Waals surface area (Å²) in [6.07, 6.45) is 1.26. The number of rotatable bonds is 4. The van der Waals surface area contributed by atoms with Crippen LogP contribution in [0, 0.1) is 0 Å². The lowest BCUT2D eigenvalue weighted by atomic mass is 9.78. The summed E-state index contributed by atoms with van der Waals surface area (Å²) >= 11 is 0. The third-order valence-corrected chi connectivity index (χ3v) is 4.25. The van der Waals surface area contributed by atoms with Crippen molar-refractivity contribution in [3.05, 3.63) is 23.8 Å². The summed E-state index contributed by atoms with van der Waals surface area (Å²) in [5, 5.41) is 0. The van der Waals surface area contributed by atoms with Crippen molar-refractivity contribution in [1.29, 1.82) is 0 Å². The molecule has 1 saturated heterocycles. The molecule has 0 saturated carbocycles. The van der Waals surface area contributed by atoms with Crippen molar-refractivity contribution in [3.63, 3.8) is 0 Å². The van der Waals surface area contributed by atoms with Crippen LogP contribution in [0.3, 0.4) is 0 Å². The van der Waals surface area contributed by atoms with Gasteiger partial charge in [0, 0.05) is 0 Å². The minimum atomic E-state index is -0.552. The lowest BCUT2D eigenvalue weighted by Crippen LogP contribution is -2.41. The Bertz CT molecular complexity index is 611. The molecule has 0 spiro atoms. The van der Waals surface area contributed by atoms with E-state index < -0.39 is 24.3 Å². The van der Waals surface area contributed by atoms with E-state index in [0.29, 0.717) is 11.3 Å². The van der Waals surface area contributed by atoms with Crippen molar-refractivity contribution in [2.45, 2.75) is 38.9 Å². The third-order valence-electron chi connectivity index (χ3n) is 4.25. The van der Waals surface area contributed by atoms with Crippen LogP contribution in [0.5, 0.6) is 0 Å². The van der Waals surface area contributed by atoms with Gasteiger partial charge in [0.05, 0.1) is 36.7 Å². The number of methoxy groups -OCH3 is 2. The fourth-order valence-electron chi connectivity index (χ4n) is 2.17. The highest BCUT2D eigenvalue weighted by molar-refractivity contribution is 6.62. The SMILES string of the molecule is COC=Nc1ccc(B2OC(C)(C)C(C)(C)O2)cc1C(=O)OC. The predicted octanol–water partition coefficient (Wildman–Crippen LogP) is 2.08. The summed E-state index contributed by atoms with van der Waals surface area (Å²) in [6, 6.07) is 5.20. The number of nitrogens with zero attached hydrogens (tertiary/aromatic N) is 1. The summed E-state index contributed by atoms with van der Waals surface area (Å²) in [4.78, 5) is 16.1. The number of hydrogen-bond acceptors (Lipinski definition) is 6. The van der Waals surface area contributed by atoms with Crippen molar-refractivity contribution in [2.24, 2.45) is 4.99 Å². The Hall–Kier alpha value is -1.86. The van der Waals surface area contributed by atoms with Gasteiger partial charge in [0.15, 0.2) is 6.40 Å². The van der Waals surface area contributed by atoms with Crippen molar-refractivity contribution in [3.8, 4) is 0 Å². The largest absolute Gasteiger partial charge is 0.494 e.